The fraction of sp³-hybridized carbons (Fsp3) is 0.857. The summed E-state index contributed by atoms with van der Waals surface area (Å²) in [7, 11) is 0. The van der Waals surface area contributed by atoms with Gasteiger partial charge in [-0.1, -0.05) is 41.5 Å². The van der Waals surface area contributed by atoms with Crippen molar-refractivity contribution in [1.82, 2.24) is 16.2 Å². The Morgan fingerprint density at radius 2 is 1.63 bits per heavy atom. The van der Waals surface area contributed by atoms with Crippen LogP contribution < -0.4 is 16.2 Å². The molecule has 0 radical (unpaired) electrons. The Morgan fingerprint density at radius 1 is 1.05 bits per heavy atom. The zero-order valence-electron chi connectivity index (χ0n) is 13.1. The molecule has 2 amide bonds. The maximum Gasteiger partial charge on any atom is 0.233 e. The molecule has 0 aliphatic carbocycles. The molecule has 0 saturated carbocycles. The molecule has 0 atom stereocenters. The van der Waals surface area contributed by atoms with Crippen LogP contribution in [0.3, 0.4) is 0 Å². The summed E-state index contributed by atoms with van der Waals surface area (Å²) in [4.78, 5) is 22.8. The average Bonchev–Trinajstić information content (AvgIpc) is 2.30. The normalized spacial score (nSPS) is 12.1. The molecule has 0 saturated heterocycles. The smallest absolute Gasteiger partial charge is 0.233 e. The van der Waals surface area contributed by atoms with Crippen LogP contribution in [-0.2, 0) is 9.59 Å². The molecular formula is C14H29N3O2. The monoisotopic (exact) mass is 271 g/mol. The summed E-state index contributed by atoms with van der Waals surface area (Å²) >= 11 is 0. The van der Waals surface area contributed by atoms with Crippen LogP contribution in [0.2, 0.25) is 0 Å². The number of amides is 2. The molecule has 0 bridgehead atoms. The summed E-state index contributed by atoms with van der Waals surface area (Å²) in [6.45, 7) is 13.0. The van der Waals surface area contributed by atoms with Gasteiger partial charge in [-0.2, -0.15) is 0 Å². The van der Waals surface area contributed by atoms with E-state index < -0.39 is 0 Å². The first-order chi connectivity index (χ1) is 8.58. The second-order valence-corrected chi connectivity index (χ2v) is 6.68. The van der Waals surface area contributed by atoms with Gasteiger partial charge in [0.25, 0.3) is 0 Å². The second-order valence-electron chi connectivity index (χ2n) is 6.68. The van der Waals surface area contributed by atoms with Gasteiger partial charge in [-0.15, -0.1) is 0 Å². The van der Waals surface area contributed by atoms with Crippen LogP contribution in [-0.4, -0.2) is 24.9 Å². The molecule has 0 aliphatic rings. The van der Waals surface area contributed by atoms with Gasteiger partial charge in [0.05, 0.1) is 0 Å². The number of carbonyl (C=O) groups is 2. The van der Waals surface area contributed by atoms with E-state index in [0.29, 0.717) is 19.5 Å². The van der Waals surface area contributed by atoms with Crippen LogP contribution in [0.5, 0.6) is 0 Å². The second kappa shape index (κ2) is 7.48. The largest absolute Gasteiger partial charge is 0.355 e. The van der Waals surface area contributed by atoms with E-state index >= 15 is 0 Å². The van der Waals surface area contributed by atoms with Crippen LogP contribution in [0.25, 0.3) is 0 Å². The van der Waals surface area contributed by atoms with Crippen molar-refractivity contribution < 1.29 is 9.59 Å². The Balaban J connectivity index is 3.93. The number of hydrazine groups is 1. The van der Waals surface area contributed by atoms with Crippen molar-refractivity contribution in [3.8, 4) is 0 Å². The molecule has 0 rings (SSSR count). The van der Waals surface area contributed by atoms with Crippen LogP contribution in [0.15, 0.2) is 0 Å². The fourth-order valence-corrected chi connectivity index (χ4v) is 1.32. The van der Waals surface area contributed by atoms with E-state index in [0.717, 1.165) is 6.42 Å². The van der Waals surface area contributed by atoms with E-state index in [1.165, 1.54) is 0 Å². The Labute approximate surface area is 116 Å². The molecule has 0 aromatic rings. The highest BCUT2D eigenvalue weighted by Gasteiger charge is 2.24. The van der Waals surface area contributed by atoms with Crippen molar-refractivity contribution in [3.05, 3.63) is 0 Å². The zero-order chi connectivity index (χ0) is 15.1. The molecule has 19 heavy (non-hydrogen) atoms. The molecule has 3 N–H and O–H groups in total. The first kappa shape index (κ1) is 17.9. The number of nitrogens with one attached hydrogen (secondary N) is 3. The summed E-state index contributed by atoms with van der Waals surface area (Å²) in [5.41, 5.74) is 5.15. The van der Waals surface area contributed by atoms with Gasteiger partial charge in [-0.25, -0.2) is 5.43 Å². The van der Waals surface area contributed by atoms with Gasteiger partial charge in [0.15, 0.2) is 0 Å². The Morgan fingerprint density at radius 3 is 2.11 bits per heavy atom. The van der Waals surface area contributed by atoms with Gasteiger partial charge in [0.1, 0.15) is 0 Å². The molecule has 0 heterocycles. The van der Waals surface area contributed by atoms with Crippen molar-refractivity contribution in [1.29, 1.82) is 0 Å². The lowest BCUT2D eigenvalue weighted by Gasteiger charge is -2.27. The molecular weight excluding hydrogens is 242 g/mol. The van der Waals surface area contributed by atoms with Gasteiger partial charge < -0.3 is 5.32 Å². The molecule has 112 valence electrons. The molecule has 0 unspecified atom stereocenters. The minimum absolute atomic E-state index is 0.00908. The molecule has 0 aliphatic heterocycles. The number of hydrogen-bond acceptors (Lipinski definition) is 3. The van der Waals surface area contributed by atoms with E-state index in [4.69, 9.17) is 0 Å². The van der Waals surface area contributed by atoms with Crippen LogP contribution in [0, 0.1) is 10.8 Å². The van der Waals surface area contributed by atoms with Crippen molar-refractivity contribution in [3.63, 3.8) is 0 Å². The van der Waals surface area contributed by atoms with Gasteiger partial charge in [-0.05, 0) is 11.8 Å². The lowest BCUT2D eigenvalue weighted by molar-refractivity contribution is -0.129. The highest BCUT2D eigenvalue weighted by atomic mass is 16.2. The van der Waals surface area contributed by atoms with Gasteiger partial charge >= 0.3 is 0 Å². The SMILES string of the molecule is CCC(=O)NNCCC(C)(C)CNC(=O)C(C)(C)C. The fourth-order valence-electron chi connectivity index (χ4n) is 1.32. The molecule has 0 fully saturated rings. The highest BCUT2D eigenvalue weighted by Crippen LogP contribution is 2.19. The third-order valence-electron chi connectivity index (χ3n) is 2.88. The van der Waals surface area contributed by atoms with Gasteiger partial charge in [0.2, 0.25) is 11.8 Å². The van der Waals surface area contributed by atoms with Crippen LogP contribution >= 0.6 is 0 Å². The van der Waals surface area contributed by atoms with Crippen LogP contribution in [0.4, 0.5) is 0 Å². The first-order valence-electron chi connectivity index (χ1n) is 6.88. The molecule has 5 nitrogen and oxygen atoms in total. The highest BCUT2D eigenvalue weighted by molar-refractivity contribution is 5.81. The molecule has 5 heteroatoms. The zero-order valence-corrected chi connectivity index (χ0v) is 13.1. The first-order valence-corrected chi connectivity index (χ1v) is 6.88. The lowest BCUT2D eigenvalue weighted by atomic mass is 9.88. The number of rotatable bonds is 7. The predicted molar refractivity (Wildman–Crippen MR) is 77.3 cm³/mol. The Bertz CT molecular complexity index is 306. The Kier molecular flexibility index (Phi) is 7.05. The van der Waals surface area contributed by atoms with E-state index in [1.807, 2.05) is 27.7 Å². The maximum atomic E-state index is 11.8. The van der Waals surface area contributed by atoms with Crippen molar-refractivity contribution in [2.75, 3.05) is 13.1 Å². The summed E-state index contributed by atoms with van der Waals surface area (Å²) in [6, 6.07) is 0. The minimum atomic E-state index is -0.358. The predicted octanol–water partition coefficient (Wildman–Crippen LogP) is 1.60. The van der Waals surface area contributed by atoms with Gasteiger partial charge in [-0.3, -0.25) is 15.0 Å². The summed E-state index contributed by atoms with van der Waals surface area (Å²) in [5.74, 6) is 0.0478. The summed E-state index contributed by atoms with van der Waals surface area (Å²) in [6.07, 6.45) is 1.33. The van der Waals surface area contributed by atoms with E-state index in [2.05, 4.69) is 30.0 Å². The number of hydrogen-bond donors (Lipinski definition) is 3. The van der Waals surface area contributed by atoms with E-state index in [9.17, 15) is 9.59 Å². The number of carbonyl (C=O) groups excluding carboxylic acids is 2. The van der Waals surface area contributed by atoms with Crippen molar-refractivity contribution in [2.24, 2.45) is 10.8 Å². The van der Waals surface area contributed by atoms with Crippen LogP contribution in [0.1, 0.15) is 54.4 Å². The van der Waals surface area contributed by atoms with E-state index in [-0.39, 0.29) is 22.6 Å². The quantitative estimate of drug-likeness (QED) is 0.486. The standard InChI is InChI=1S/C14H29N3O2/c1-7-11(18)17-16-9-8-14(5,6)10-15-12(19)13(2,3)4/h16H,7-10H2,1-6H3,(H,15,19)(H,17,18). The average molecular weight is 271 g/mol. The van der Waals surface area contributed by atoms with Crippen molar-refractivity contribution >= 4 is 11.8 Å². The summed E-state index contributed by atoms with van der Waals surface area (Å²) in [5, 5.41) is 2.97. The lowest BCUT2D eigenvalue weighted by Crippen LogP contribution is -2.43. The van der Waals surface area contributed by atoms with Gasteiger partial charge in [0, 0.05) is 24.9 Å². The molecule has 0 aromatic heterocycles. The minimum Gasteiger partial charge on any atom is -0.355 e. The Hall–Kier alpha value is -1.10. The topological polar surface area (TPSA) is 70.2 Å². The molecule has 0 aromatic carbocycles. The maximum absolute atomic E-state index is 11.8. The summed E-state index contributed by atoms with van der Waals surface area (Å²) < 4.78 is 0. The van der Waals surface area contributed by atoms with E-state index in [1.54, 1.807) is 0 Å². The van der Waals surface area contributed by atoms with Crippen molar-refractivity contribution in [2.45, 2.75) is 54.4 Å². The third kappa shape index (κ3) is 8.59. The molecule has 0 spiro atoms. The third-order valence-corrected chi connectivity index (χ3v) is 2.88.